The zero-order chi connectivity index (χ0) is 15.3. The number of aryl methyl sites for hydroxylation is 1. The zero-order valence-electron chi connectivity index (χ0n) is 11.8. The van der Waals surface area contributed by atoms with E-state index in [4.69, 9.17) is 10.8 Å². The summed E-state index contributed by atoms with van der Waals surface area (Å²) in [5.74, 6) is 4.26. The fourth-order valence-corrected chi connectivity index (χ4v) is 1.55. The van der Waals surface area contributed by atoms with Crippen LogP contribution in [0.4, 0.5) is 0 Å². The molecule has 0 radical (unpaired) electrons. The van der Waals surface area contributed by atoms with Gasteiger partial charge in [-0.15, -0.1) is 0 Å². The van der Waals surface area contributed by atoms with Gasteiger partial charge in [-0.05, 0) is 44.5 Å². The normalized spacial score (nSPS) is 10.4. The molecule has 0 aliphatic heterocycles. The molecule has 0 aromatic heterocycles. The molecule has 20 heavy (non-hydrogen) atoms. The molecule has 0 aliphatic rings. The molecule has 5 nitrogen and oxygen atoms in total. The lowest BCUT2D eigenvalue weighted by Crippen LogP contribution is -2.53. The molecule has 1 aromatic rings. The van der Waals surface area contributed by atoms with Gasteiger partial charge in [0.05, 0.1) is 0 Å². The number of hydrogen-bond acceptors (Lipinski definition) is 3. The second kappa shape index (κ2) is 6.22. The Kier molecular flexibility index (Phi) is 4.89. The van der Waals surface area contributed by atoms with Crippen LogP contribution in [0, 0.1) is 18.8 Å². The lowest BCUT2D eigenvalue weighted by Gasteiger charge is -2.22. The smallest absolute Gasteiger partial charge is 0.252 e. The number of primary amides is 1. The maximum Gasteiger partial charge on any atom is 0.252 e. The van der Waals surface area contributed by atoms with Crippen molar-refractivity contribution in [2.24, 2.45) is 5.73 Å². The Morgan fingerprint density at radius 1 is 1.35 bits per heavy atom. The average molecular weight is 274 g/mol. The molecule has 0 saturated carbocycles. The van der Waals surface area contributed by atoms with Gasteiger partial charge in [0.2, 0.25) is 5.91 Å². The van der Waals surface area contributed by atoms with Crippen LogP contribution in [-0.2, 0) is 4.79 Å². The van der Waals surface area contributed by atoms with Crippen molar-refractivity contribution in [1.29, 1.82) is 0 Å². The molecule has 0 bridgehead atoms. The fourth-order valence-electron chi connectivity index (χ4n) is 1.55. The van der Waals surface area contributed by atoms with Crippen LogP contribution in [0.15, 0.2) is 18.2 Å². The maximum absolute atomic E-state index is 12.1. The molecule has 0 fully saturated rings. The fraction of sp³-hybridized carbons (Fsp3) is 0.333. The van der Waals surface area contributed by atoms with Gasteiger partial charge in [-0.25, -0.2) is 0 Å². The summed E-state index contributed by atoms with van der Waals surface area (Å²) in [4.78, 5) is 23.3. The van der Waals surface area contributed by atoms with Gasteiger partial charge in [0.25, 0.3) is 5.91 Å². The minimum Gasteiger partial charge on any atom is -0.384 e. The predicted octanol–water partition coefficient (Wildman–Crippen LogP) is 0.333. The SMILES string of the molecule is Cc1cc(C#CCO)cc(C(=O)NC(C)(C)C(N)=O)c1. The van der Waals surface area contributed by atoms with Crippen molar-refractivity contribution >= 4 is 11.8 Å². The summed E-state index contributed by atoms with van der Waals surface area (Å²) in [5, 5.41) is 11.3. The third kappa shape index (κ3) is 4.11. The van der Waals surface area contributed by atoms with Gasteiger partial charge in [0.1, 0.15) is 12.1 Å². The van der Waals surface area contributed by atoms with Crippen LogP contribution >= 0.6 is 0 Å². The molecular weight excluding hydrogens is 256 g/mol. The molecule has 0 heterocycles. The van der Waals surface area contributed by atoms with E-state index in [9.17, 15) is 9.59 Å². The second-order valence-corrected chi connectivity index (χ2v) is 4.99. The van der Waals surface area contributed by atoms with Crippen LogP contribution in [0.1, 0.15) is 35.3 Å². The molecule has 2 amide bonds. The molecule has 5 heteroatoms. The number of rotatable bonds is 3. The van der Waals surface area contributed by atoms with Crippen molar-refractivity contribution in [3.8, 4) is 11.8 Å². The topological polar surface area (TPSA) is 92.4 Å². The minimum absolute atomic E-state index is 0.246. The van der Waals surface area contributed by atoms with Crippen molar-refractivity contribution in [1.82, 2.24) is 5.32 Å². The summed E-state index contributed by atoms with van der Waals surface area (Å²) in [6, 6.07) is 5.09. The Hall–Kier alpha value is -2.32. The van der Waals surface area contributed by atoms with Crippen molar-refractivity contribution in [3.63, 3.8) is 0 Å². The van der Waals surface area contributed by atoms with Crippen molar-refractivity contribution < 1.29 is 14.7 Å². The van der Waals surface area contributed by atoms with E-state index in [0.717, 1.165) is 5.56 Å². The number of aliphatic hydroxyl groups is 1. The molecule has 4 N–H and O–H groups in total. The van der Waals surface area contributed by atoms with Gasteiger partial charge in [-0.2, -0.15) is 0 Å². The predicted molar refractivity (Wildman–Crippen MR) is 75.9 cm³/mol. The first-order chi connectivity index (χ1) is 9.26. The van der Waals surface area contributed by atoms with Gasteiger partial charge < -0.3 is 16.2 Å². The van der Waals surface area contributed by atoms with E-state index in [2.05, 4.69) is 17.2 Å². The number of carbonyl (C=O) groups excluding carboxylic acids is 2. The molecular formula is C15H18N2O3. The quantitative estimate of drug-likeness (QED) is 0.694. The molecule has 0 unspecified atom stereocenters. The van der Waals surface area contributed by atoms with Crippen LogP contribution in [0.2, 0.25) is 0 Å². The van der Waals surface area contributed by atoms with E-state index in [-0.39, 0.29) is 6.61 Å². The second-order valence-electron chi connectivity index (χ2n) is 4.99. The first-order valence-corrected chi connectivity index (χ1v) is 6.10. The largest absolute Gasteiger partial charge is 0.384 e. The number of nitrogens with two attached hydrogens (primary N) is 1. The number of nitrogens with one attached hydrogen (secondary N) is 1. The molecule has 106 valence electrons. The Balaban J connectivity index is 3.05. The van der Waals surface area contributed by atoms with Gasteiger partial charge in [-0.3, -0.25) is 9.59 Å². The first-order valence-electron chi connectivity index (χ1n) is 6.10. The highest BCUT2D eigenvalue weighted by Gasteiger charge is 2.27. The molecule has 0 atom stereocenters. The van der Waals surface area contributed by atoms with Crippen LogP contribution in [-0.4, -0.2) is 29.1 Å². The number of carbonyl (C=O) groups is 2. The molecule has 0 saturated heterocycles. The number of amides is 2. The van der Waals surface area contributed by atoms with Crippen LogP contribution in [0.25, 0.3) is 0 Å². The number of aliphatic hydroxyl groups excluding tert-OH is 1. The molecule has 0 spiro atoms. The Morgan fingerprint density at radius 2 is 2.00 bits per heavy atom. The average Bonchev–Trinajstić information content (AvgIpc) is 2.35. The Labute approximate surface area is 118 Å². The Bertz CT molecular complexity index is 595. The van der Waals surface area contributed by atoms with Crippen LogP contribution in [0.5, 0.6) is 0 Å². The summed E-state index contributed by atoms with van der Waals surface area (Å²) in [6.45, 7) is 4.66. The van der Waals surface area contributed by atoms with E-state index in [1.807, 2.05) is 6.92 Å². The highest BCUT2D eigenvalue weighted by atomic mass is 16.2. The van der Waals surface area contributed by atoms with Crippen molar-refractivity contribution in [2.75, 3.05) is 6.61 Å². The Morgan fingerprint density at radius 3 is 2.55 bits per heavy atom. The van der Waals surface area contributed by atoms with Crippen LogP contribution in [0.3, 0.4) is 0 Å². The summed E-state index contributed by atoms with van der Waals surface area (Å²) in [6.07, 6.45) is 0. The maximum atomic E-state index is 12.1. The summed E-state index contributed by atoms with van der Waals surface area (Å²) < 4.78 is 0. The van der Waals surface area contributed by atoms with Crippen molar-refractivity contribution in [2.45, 2.75) is 26.3 Å². The molecule has 0 aliphatic carbocycles. The minimum atomic E-state index is -1.13. The molecule has 1 rings (SSSR count). The summed E-state index contributed by atoms with van der Waals surface area (Å²) in [7, 11) is 0. The number of benzene rings is 1. The van der Waals surface area contributed by atoms with E-state index in [1.165, 1.54) is 13.8 Å². The lowest BCUT2D eigenvalue weighted by atomic mass is 10.0. The van der Waals surface area contributed by atoms with Gasteiger partial charge in [0, 0.05) is 11.1 Å². The van der Waals surface area contributed by atoms with E-state index >= 15 is 0 Å². The van der Waals surface area contributed by atoms with Gasteiger partial charge in [-0.1, -0.05) is 11.8 Å². The third-order valence-corrected chi connectivity index (χ3v) is 2.69. The summed E-state index contributed by atoms with van der Waals surface area (Å²) in [5.41, 5.74) is 5.97. The summed E-state index contributed by atoms with van der Waals surface area (Å²) >= 11 is 0. The highest BCUT2D eigenvalue weighted by Crippen LogP contribution is 2.11. The monoisotopic (exact) mass is 274 g/mol. The third-order valence-electron chi connectivity index (χ3n) is 2.69. The number of hydrogen-bond donors (Lipinski definition) is 3. The van der Waals surface area contributed by atoms with Gasteiger partial charge >= 0.3 is 0 Å². The van der Waals surface area contributed by atoms with E-state index < -0.39 is 17.4 Å². The van der Waals surface area contributed by atoms with Crippen LogP contribution < -0.4 is 11.1 Å². The first kappa shape index (κ1) is 15.7. The van der Waals surface area contributed by atoms with Crippen molar-refractivity contribution in [3.05, 3.63) is 34.9 Å². The lowest BCUT2D eigenvalue weighted by molar-refractivity contribution is -0.122. The zero-order valence-corrected chi connectivity index (χ0v) is 11.8. The standard InChI is InChI=1S/C15H18N2O3/c1-10-7-11(5-4-6-18)9-12(8-10)13(19)17-15(2,3)14(16)20/h7-9,18H,6H2,1-3H3,(H2,16,20)(H,17,19). The van der Waals surface area contributed by atoms with E-state index in [1.54, 1.807) is 18.2 Å². The van der Waals surface area contributed by atoms with E-state index in [0.29, 0.717) is 11.1 Å². The molecule has 1 aromatic carbocycles. The van der Waals surface area contributed by atoms with Gasteiger partial charge in [0.15, 0.2) is 0 Å². The highest BCUT2D eigenvalue weighted by molar-refractivity contribution is 5.99.